The maximum absolute atomic E-state index is 12.7. The van der Waals surface area contributed by atoms with E-state index >= 15 is 0 Å². The van der Waals surface area contributed by atoms with Gasteiger partial charge in [0.25, 0.3) is 0 Å². The third-order valence-corrected chi connectivity index (χ3v) is 4.29. The van der Waals surface area contributed by atoms with E-state index in [9.17, 15) is 22.4 Å². The number of nitrogens with zero attached hydrogens (tertiary/aromatic N) is 1. The molecule has 0 fully saturated rings. The Morgan fingerprint density at radius 2 is 1.46 bits per heavy atom. The number of hydrogen-bond acceptors (Lipinski definition) is 3. The van der Waals surface area contributed by atoms with Crippen LogP contribution >= 0.6 is 0 Å². The predicted molar refractivity (Wildman–Crippen MR) is 135 cm³/mol. The van der Waals surface area contributed by atoms with Gasteiger partial charge in [-0.25, -0.2) is 4.39 Å². The number of carbonyl (C=O) groups is 1. The first-order valence-corrected chi connectivity index (χ1v) is 11.6. The molecule has 0 unspecified atom stereocenters. The molecule has 0 saturated heterocycles. The maximum Gasteiger partial charge on any atom is 0.416 e. The lowest BCUT2D eigenvalue weighted by Crippen LogP contribution is -2.24. The van der Waals surface area contributed by atoms with Gasteiger partial charge >= 0.3 is 6.18 Å². The average Bonchev–Trinajstić information content (AvgIpc) is 2.78. The first-order chi connectivity index (χ1) is 16.4. The number of carbonyl (C=O) groups excluding carboxylic acids is 1. The summed E-state index contributed by atoms with van der Waals surface area (Å²) in [6, 6.07) is 11.3. The number of halogens is 4. The van der Waals surface area contributed by atoms with Gasteiger partial charge in [0.2, 0.25) is 5.91 Å². The zero-order valence-corrected chi connectivity index (χ0v) is 21.1. The number of aliphatic hydroxyl groups excluding tert-OH is 1. The second kappa shape index (κ2) is 17.5. The van der Waals surface area contributed by atoms with Crippen molar-refractivity contribution in [3.63, 3.8) is 0 Å². The normalized spacial score (nSPS) is 10.3. The first-order valence-electron chi connectivity index (χ1n) is 11.6. The van der Waals surface area contributed by atoms with E-state index in [-0.39, 0.29) is 31.3 Å². The molecule has 0 heterocycles. The van der Waals surface area contributed by atoms with Crippen LogP contribution in [0.15, 0.2) is 60.7 Å². The molecule has 0 aliphatic heterocycles. The Morgan fingerprint density at radius 3 is 1.86 bits per heavy atom. The van der Waals surface area contributed by atoms with Gasteiger partial charge in [-0.1, -0.05) is 31.6 Å². The molecule has 0 spiro atoms. The zero-order chi connectivity index (χ0) is 26.9. The second-order valence-corrected chi connectivity index (χ2v) is 8.12. The van der Waals surface area contributed by atoms with Crippen LogP contribution in [0.1, 0.15) is 58.1 Å². The fourth-order valence-electron chi connectivity index (χ4n) is 2.76. The molecule has 1 amide bonds. The van der Waals surface area contributed by atoms with E-state index in [2.05, 4.69) is 30.6 Å². The Morgan fingerprint density at radius 1 is 0.971 bits per heavy atom. The highest BCUT2D eigenvalue weighted by Crippen LogP contribution is 2.29. The average molecular weight is 499 g/mol. The molecule has 0 bridgehead atoms. The van der Waals surface area contributed by atoms with Gasteiger partial charge in [0.1, 0.15) is 5.82 Å². The molecule has 0 radical (unpaired) electrons. The van der Waals surface area contributed by atoms with Crippen molar-refractivity contribution in [1.29, 1.82) is 0 Å². The summed E-state index contributed by atoms with van der Waals surface area (Å²) >= 11 is 0. The van der Waals surface area contributed by atoms with E-state index in [0.717, 1.165) is 43.8 Å². The highest BCUT2D eigenvalue weighted by molar-refractivity contribution is 5.75. The van der Waals surface area contributed by atoms with Crippen molar-refractivity contribution in [2.24, 2.45) is 0 Å². The number of nitrogens with one attached hydrogen (secondary N) is 1. The minimum Gasteiger partial charge on any atom is -0.396 e. The molecule has 0 aromatic heterocycles. The Hall–Kier alpha value is -2.87. The van der Waals surface area contributed by atoms with E-state index in [1.807, 2.05) is 26.0 Å². The van der Waals surface area contributed by atoms with Crippen molar-refractivity contribution in [3.05, 3.63) is 77.6 Å². The number of hydrogen-bond donors (Lipinski definition) is 2. The summed E-state index contributed by atoms with van der Waals surface area (Å²) < 4.78 is 49.4. The van der Waals surface area contributed by atoms with Crippen molar-refractivity contribution in [2.45, 2.75) is 59.7 Å². The summed E-state index contributed by atoms with van der Waals surface area (Å²) in [5.74, 6) is -0.505. The Bertz CT molecular complexity index is 841. The number of anilines is 1. The van der Waals surface area contributed by atoms with Crippen molar-refractivity contribution in [3.8, 4) is 0 Å². The van der Waals surface area contributed by atoms with Gasteiger partial charge in [0.15, 0.2) is 0 Å². The molecule has 0 saturated carbocycles. The van der Waals surface area contributed by atoms with Crippen molar-refractivity contribution in [2.75, 3.05) is 24.6 Å². The third kappa shape index (κ3) is 15.6. The topological polar surface area (TPSA) is 52.6 Å². The first kappa shape index (κ1) is 32.1. The van der Waals surface area contributed by atoms with Crippen LogP contribution in [-0.4, -0.2) is 30.7 Å². The van der Waals surface area contributed by atoms with Gasteiger partial charge in [0.05, 0.1) is 12.2 Å². The number of benzene rings is 2. The molecule has 196 valence electrons. The van der Waals surface area contributed by atoms with E-state index in [1.54, 1.807) is 0 Å². The van der Waals surface area contributed by atoms with Crippen molar-refractivity contribution in [1.82, 2.24) is 5.32 Å². The van der Waals surface area contributed by atoms with Crippen LogP contribution in [0.2, 0.25) is 0 Å². The lowest BCUT2D eigenvalue weighted by atomic mass is 10.1. The van der Waals surface area contributed by atoms with Gasteiger partial charge in [-0.2, -0.15) is 13.2 Å². The van der Waals surface area contributed by atoms with Crippen LogP contribution in [0.3, 0.4) is 0 Å². The third-order valence-electron chi connectivity index (χ3n) is 4.29. The summed E-state index contributed by atoms with van der Waals surface area (Å²) in [6.45, 7) is 13.8. The number of allylic oxidation sites excluding steroid dienone is 1. The fraction of sp³-hybridized carbons (Fsp3) is 0.444. The lowest BCUT2D eigenvalue weighted by molar-refractivity contribution is -0.137. The minimum atomic E-state index is -4.35. The summed E-state index contributed by atoms with van der Waals surface area (Å²) in [5.41, 5.74) is 2.14. The predicted octanol–water partition coefficient (Wildman–Crippen LogP) is 6.74. The molecular formula is C27H38F4N2O2. The van der Waals surface area contributed by atoms with E-state index in [1.165, 1.54) is 29.8 Å². The zero-order valence-electron chi connectivity index (χ0n) is 21.1. The summed E-state index contributed by atoms with van der Waals surface area (Å²) in [4.78, 5) is 13.3. The molecule has 4 nitrogen and oxygen atoms in total. The Kier molecular flexibility index (Phi) is 16.1. The standard InChI is InChI=1S/C12H18FN.C11H12F3NO2.C4H8/c1-3-9-14(10-4-2)12-7-5-11(13)6-8-12;12-11(13,14)9-3-1-8(2-4-9)7-15-10(17)5-6-16;1-4(2)3/h5-8H,3-4,9-10H2,1-2H3;1-4,16H,5-7H2,(H,15,17);1H2,2-3H3. The van der Waals surface area contributed by atoms with Crippen LogP contribution in [0.5, 0.6) is 0 Å². The maximum atomic E-state index is 12.7. The number of aliphatic hydroxyl groups is 1. The van der Waals surface area contributed by atoms with Crippen LogP contribution in [-0.2, 0) is 17.5 Å². The monoisotopic (exact) mass is 498 g/mol. The van der Waals surface area contributed by atoms with E-state index in [0.29, 0.717) is 5.56 Å². The highest BCUT2D eigenvalue weighted by Gasteiger charge is 2.29. The van der Waals surface area contributed by atoms with Crippen LogP contribution < -0.4 is 10.2 Å². The van der Waals surface area contributed by atoms with Crippen LogP contribution in [0.4, 0.5) is 23.2 Å². The number of amides is 1. The minimum absolute atomic E-state index is 0.0133. The van der Waals surface area contributed by atoms with Crippen molar-refractivity contribution >= 4 is 11.6 Å². The highest BCUT2D eigenvalue weighted by atomic mass is 19.4. The summed E-state index contributed by atoms with van der Waals surface area (Å²) in [5, 5.41) is 11.0. The SMILES string of the molecule is C=C(C)C.CCCN(CCC)c1ccc(F)cc1.O=C(CCO)NCc1ccc(C(F)(F)F)cc1. The van der Waals surface area contributed by atoms with Gasteiger partial charge in [0, 0.05) is 31.7 Å². The van der Waals surface area contributed by atoms with Gasteiger partial charge < -0.3 is 15.3 Å². The van der Waals surface area contributed by atoms with Crippen LogP contribution in [0.25, 0.3) is 0 Å². The molecule has 2 aromatic carbocycles. The second-order valence-electron chi connectivity index (χ2n) is 8.12. The molecule has 0 aliphatic carbocycles. The molecule has 2 aromatic rings. The smallest absolute Gasteiger partial charge is 0.396 e. The van der Waals surface area contributed by atoms with Crippen molar-refractivity contribution < 1.29 is 27.5 Å². The fourth-order valence-corrected chi connectivity index (χ4v) is 2.76. The molecule has 2 N–H and O–H groups in total. The van der Waals surface area contributed by atoms with E-state index in [4.69, 9.17) is 5.11 Å². The Balaban J connectivity index is 0.000000581. The summed E-state index contributed by atoms with van der Waals surface area (Å²) in [6.07, 6.45) is -2.12. The van der Waals surface area contributed by atoms with Gasteiger partial charge in [-0.05, 0) is 68.7 Å². The van der Waals surface area contributed by atoms with Gasteiger partial charge in [-0.3, -0.25) is 4.79 Å². The lowest BCUT2D eigenvalue weighted by Gasteiger charge is -2.23. The number of alkyl halides is 3. The molecule has 35 heavy (non-hydrogen) atoms. The molecule has 2 rings (SSSR count). The molecule has 0 atom stereocenters. The van der Waals surface area contributed by atoms with Gasteiger partial charge in [-0.15, -0.1) is 6.58 Å². The molecular weight excluding hydrogens is 460 g/mol. The quantitative estimate of drug-likeness (QED) is 0.297. The number of rotatable bonds is 9. The molecule has 0 aliphatic rings. The largest absolute Gasteiger partial charge is 0.416 e. The summed E-state index contributed by atoms with van der Waals surface area (Å²) in [7, 11) is 0. The molecule has 8 heteroatoms. The van der Waals surface area contributed by atoms with E-state index < -0.39 is 11.7 Å². The van der Waals surface area contributed by atoms with Crippen LogP contribution in [0, 0.1) is 5.82 Å². The Labute approximate surface area is 206 Å².